The Balaban J connectivity index is 1.51. The van der Waals surface area contributed by atoms with Gasteiger partial charge in [-0.15, -0.1) is 0 Å². The van der Waals surface area contributed by atoms with E-state index in [9.17, 15) is 17.6 Å². The van der Waals surface area contributed by atoms with Crippen LogP contribution in [0.3, 0.4) is 0 Å². The molecule has 1 aliphatic rings. The molecule has 1 amide bonds. The van der Waals surface area contributed by atoms with Crippen LogP contribution in [0.25, 0.3) is 55.7 Å². The summed E-state index contributed by atoms with van der Waals surface area (Å²) < 4.78 is 50.5. The molecule has 0 saturated heterocycles. The smallest absolute Gasteiger partial charge is 0.255 e. The summed E-state index contributed by atoms with van der Waals surface area (Å²) >= 11 is 0. The van der Waals surface area contributed by atoms with Crippen molar-refractivity contribution in [2.75, 3.05) is 24.7 Å². The van der Waals surface area contributed by atoms with Gasteiger partial charge in [0.1, 0.15) is 17.2 Å². The van der Waals surface area contributed by atoms with Crippen LogP contribution in [0.15, 0.2) is 77.3 Å². The molecule has 234 valence electrons. The Morgan fingerprint density at radius 1 is 1.04 bits per heavy atom. The van der Waals surface area contributed by atoms with Gasteiger partial charge < -0.3 is 14.3 Å². The Morgan fingerprint density at radius 3 is 2.48 bits per heavy atom. The molecule has 0 unspecified atom stereocenters. The number of sulfonamides is 1. The Labute approximate surface area is 266 Å². The molecule has 0 radical (unpaired) electrons. The summed E-state index contributed by atoms with van der Waals surface area (Å²) in [5.74, 6) is -0.247. The van der Waals surface area contributed by atoms with E-state index < -0.39 is 10.0 Å². The second kappa shape index (κ2) is 10.3. The molecular formula is C36H33FN4O4S. The van der Waals surface area contributed by atoms with Gasteiger partial charge in [-0.05, 0) is 63.1 Å². The molecule has 0 bridgehead atoms. The second-order valence-corrected chi connectivity index (χ2v) is 14.6. The van der Waals surface area contributed by atoms with Gasteiger partial charge >= 0.3 is 0 Å². The average Bonchev–Trinajstić information content (AvgIpc) is 3.60. The Morgan fingerprint density at radius 2 is 1.78 bits per heavy atom. The number of halogens is 1. The van der Waals surface area contributed by atoms with Crippen molar-refractivity contribution in [3.63, 3.8) is 0 Å². The van der Waals surface area contributed by atoms with Crippen molar-refractivity contribution >= 4 is 43.5 Å². The van der Waals surface area contributed by atoms with Crippen molar-refractivity contribution < 1.29 is 22.0 Å². The molecule has 1 N–H and O–H groups in total. The van der Waals surface area contributed by atoms with E-state index >= 15 is 0 Å². The normalized spacial score (nSPS) is 13.9. The number of rotatable bonds is 5. The van der Waals surface area contributed by atoms with E-state index in [0.717, 1.165) is 39.7 Å². The number of pyridine rings is 1. The summed E-state index contributed by atoms with van der Waals surface area (Å²) in [6, 6.07) is 20.0. The van der Waals surface area contributed by atoms with Crippen LogP contribution < -0.4 is 9.62 Å². The minimum Gasteiger partial charge on any atom is -0.455 e. The molecular weight excluding hydrogens is 603 g/mol. The highest BCUT2D eigenvalue weighted by molar-refractivity contribution is 7.92. The molecule has 3 aromatic heterocycles. The van der Waals surface area contributed by atoms with E-state index in [1.165, 1.54) is 17.4 Å². The molecule has 0 saturated carbocycles. The van der Waals surface area contributed by atoms with Crippen LogP contribution in [0.1, 0.15) is 35.3 Å². The zero-order chi connectivity index (χ0) is 32.7. The quantitative estimate of drug-likeness (QED) is 0.215. The third-order valence-electron chi connectivity index (χ3n) is 8.97. The number of aromatic nitrogens is 2. The summed E-state index contributed by atoms with van der Waals surface area (Å²) in [5, 5.41) is 3.78. The fourth-order valence-electron chi connectivity index (χ4n) is 6.64. The highest BCUT2D eigenvalue weighted by atomic mass is 32.2. The van der Waals surface area contributed by atoms with E-state index in [1.807, 2.05) is 55.6 Å². The van der Waals surface area contributed by atoms with Crippen molar-refractivity contribution in [2.45, 2.75) is 32.7 Å². The van der Waals surface area contributed by atoms with E-state index in [-0.39, 0.29) is 17.3 Å². The molecule has 0 fully saturated rings. The zero-order valence-electron chi connectivity index (χ0n) is 26.4. The lowest BCUT2D eigenvalue weighted by Crippen LogP contribution is -2.33. The van der Waals surface area contributed by atoms with Crippen LogP contribution in [0.2, 0.25) is 0 Å². The summed E-state index contributed by atoms with van der Waals surface area (Å²) in [4.78, 5) is 18.2. The number of carbonyl (C=O) groups is 1. The van der Waals surface area contributed by atoms with Crippen molar-refractivity contribution in [1.29, 1.82) is 0 Å². The van der Waals surface area contributed by atoms with Gasteiger partial charge in [-0.1, -0.05) is 35.9 Å². The summed E-state index contributed by atoms with van der Waals surface area (Å²) in [6.45, 7) is 6.22. The molecule has 0 atom stereocenters. The first-order valence-electron chi connectivity index (χ1n) is 14.9. The summed E-state index contributed by atoms with van der Waals surface area (Å²) in [6.07, 6.45) is 3.61. The number of amides is 1. The van der Waals surface area contributed by atoms with E-state index in [1.54, 1.807) is 25.2 Å². The lowest BCUT2D eigenvalue weighted by molar-refractivity contribution is 0.0964. The summed E-state index contributed by atoms with van der Waals surface area (Å²) in [7, 11) is -0.667. The average molecular weight is 637 g/mol. The van der Waals surface area contributed by atoms with Gasteiger partial charge in [0.15, 0.2) is 0 Å². The molecule has 4 heterocycles. The molecule has 6 aromatic rings. The van der Waals surface area contributed by atoms with Crippen LogP contribution in [0.5, 0.6) is 0 Å². The number of nitrogens with zero attached hydrogens (tertiary/aromatic N) is 3. The minimum absolute atomic E-state index is 0.292. The second-order valence-electron chi connectivity index (χ2n) is 12.6. The van der Waals surface area contributed by atoms with Gasteiger partial charge in [0.25, 0.3) is 5.91 Å². The largest absolute Gasteiger partial charge is 0.455 e. The number of benzene rings is 3. The maximum Gasteiger partial charge on any atom is 0.255 e. The highest BCUT2D eigenvalue weighted by Gasteiger charge is 2.34. The predicted octanol–water partition coefficient (Wildman–Crippen LogP) is 7.28. The molecule has 8 nitrogen and oxygen atoms in total. The van der Waals surface area contributed by atoms with Crippen LogP contribution in [-0.4, -0.2) is 44.2 Å². The molecule has 10 heteroatoms. The topological polar surface area (TPSA) is 97.4 Å². The standard InChI is InChI=1S/C36H33FN4O4S/c1-20-10-12-21(13-11-20)34-33(35(42)38-4)26-14-25(30(17-32(26)45-34)40(5)46(6,43)44)28-15-23-22(19-39-28)18-36(2,3)41-29-9-7-8-27(37)24(29)16-31(23)41/h7-17,19H,18H2,1-6H3,(H,38,42). The maximum atomic E-state index is 15.0. The van der Waals surface area contributed by atoms with Crippen molar-refractivity contribution in [3.05, 3.63) is 95.4 Å². The van der Waals surface area contributed by atoms with E-state index in [4.69, 9.17) is 9.40 Å². The molecule has 0 aliphatic carbocycles. The third kappa shape index (κ3) is 4.58. The van der Waals surface area contributed by atoms with Crippen LogP contribution >= 0.6 is 0 Å². The fourth-order valence-corrected chi connectivity index (χ4v) is 7.14. The van der Waals surface area contributed by atoms with Crippen LogP contribution in [0, 0.1) is 12.7 Å². The number of furan rings is 1. The minimum atomic E-state index is -3.70. The SMILES string of the molecule is CNC(=O)c1c(-c2ccc(C)cc2)oc2cc(N(C)S(C)(=O)=O)c(-c3cc4c(cn3)CC(C)(C)n3c-4cc4c(F)cccc43)cc12. The predicted molar refractivity (Wildman–Crippen MR) is 180 cm³/mol. The number of carbonyl (C=O) groups excluding carboxylic acids is 1. The molecule has 1 aliphatic heterocycles. The Bertz CT molecular complexity index is 2340. The number of fused-ring (bicyclic) bond motifs is 6. The van der Waals surface area contributed by atoms with Crippen LogP contribution in [0.4, 0.5) is 10.1 Å². The Kier molecular flexibility index (Phi) is 6.65. The number of anilines is 1. The fraction of sp³-hybridized carbons (Fsp3) is 0.222. The molecule has 46 heavy (non-hydrogen) atoms. The van der Waals surface area contributed by atoms with Gasteiger partial charge in [-0.3, -0.25) is 14.1 Å². The lowest BCUT2D eigenvalue weighted by atomic mass is 9.86. The van der Waals surface area contributed by atoms with Crippen molar-refractivity contribution in [2.24, 2.45) is 0 Å². The van der Waals surface area contributed by atoms with Crippen molar-refractivity contribution in [1.82, 2.24) is 14.9 Å². The van der Waals surface area contributed by atoms with Crippen molar-refractivity contribution in [3.8, 4) is 33.8 Å². The first-order valence-corrected chi connectivity index (χ1v) is 16.8. The first-order chi connectivity index (χ1) is 21.8. The number of nitrogens with one attached hydrogen (secondary N) is 1. The van der Waals surface area contributed by atoms with Gasteiger partial charge in [0.2, 0.25) is 10.0 Å². The highest BCUT2D eigenvalue weighted by Crippen LogP contribution is 2.45. The monoisotopic (exact) mass is 636 g/mol. The number of hydrogen-bond donors (Lipinski definition) is 1. The van der Waals surface area contributed by atoms with E-state index in [0.29, 0.717) is 51.0 Å². The first kappa shape index (κ1) is 29.7. The maximum absolute atomic E-state index is 15.0. The van der Waals surface area contributed by atoms with Crippen LogP contribution in [-0.2, 0) is 22.0 Å². The van der Waals surface area contributed by atoms with Gasteiger partial charge in [0.05, 0.1) is 34.4 Å². The van der Waals surface area contributed by atoms with Gasteiger partial charge in [0, 0.05) is 59.4 Å². The van der Waals surface area contributed by atoms with Gasteiger partial charge in [-0.25, -0.2) is 12.8 Å². The molecule has 0 spiro atoms. The number of aryl methyl sites for hydroxylation is 1. The Hall–Kier alpha value is -4.96. The lowest BCUT2D eigenvalue weighted by Gasteiger charge is -2.36. The summed E-state index contributed by atoms with van der Waals surface area (Å²) in [5.41, 5.74) is 7.03. The molecule has 3 aromatic carbocycles. The number of hydrogen-bond acceptors (Lipinski definition) is 5. The van der Waals surface area contributed by atoms with Gasteiger partial charge in [-0.2, -0.15) is 0 Å². The zero-order valence-corrected chi connectivity index (χ0v) is 27.2. The third-order valence-corrected chi connectivity index (χ3v) is 10.2. The van der Waals surface area contributed by atoms with E-state index in [2.05, 4.69) is 23.7 Å². The molecule has 7 rings (SSSR count).